The van der Waals surface area contributed by atoms with Gasteiger partial charge in [-0.1, -0.05) is 64.7 Å². The van der Waals surface area contributed by atoms with E-state index in [1.807, 2.05) is 0 Å². The topological polar surface area (TPSA) is 63.9 Å². The average Bonchev–Trinajstić information content (AvgIpc) is 2.62. The van der Waals surface area contributed by atoms with E-state index in [9.17, 15) is 15.3 Å². The molecular weight excluding hydrogens is 314 g/mol. The third-order valence-electron chi connectivity index (χ3n) is 5.36. The first-order chi connectivity index (χ1) is 12.1. The van der Waals surface area contributed by atoms with Crippen LogP contribution in [0, 0.1) is 0 Å². The van der Waals surface area contributed by atoms with E-state index in [2.05, 4.69) is 11.8 Å². The Hall–Kier alpha value is -1.42. The summed E-state index contributed by atoms with van der Waals surface area (Å²) < 4.78 is 0. The fourth-order valence-electron chi connectivity index (χ4n) is 3.73. The van der Waals surface area contributed by atoms with Crippen LogP contribution in [0.5, 0.6) is 17.2 Å². The summed E-state index contributed by atoms with van der Waals surface area (Å²) >= 11 is 0. The highest BCUT2D eigenvalue weighted by molar-refractivity contribution is 5.57. The molecule has 1 aliphatic heterocycles. The van der Waals surface area contributed by atoms with Crippen LogP contribution in [0.25, 0.3) is 0 Å². The van der Waals surface area contributed by atoms with Gasteiger partial charge >= 0.3 is 0 Å². The molecular formula is C21H35NO3. The summed E-state index contributed by atoms with van der Waals surface area (Å²) in [7, 11) is 0. The Labute approximate surface area is 152 Å². The Bertz CT molecular complexity index is 530. The third kappa shape index (κ3) is 6.10. The van der Waals surface area contributed by atoms with Gasteiger partial charge in [0.05, 0.1) is 0 Å². The average molecular weight is 350 g/mol. The van der Waals surface area contributed by atoms with E-state index in [1.54, 1.807) is 6.07 Å². The molecule has 0 aromatic heterocycles. The second kappa shape index (κ2) is 10.5. The minimum Gasteiger partial charge on any atom is -0.504 e. The molecule has 0 saturated carbocycles. The molecule has 142 valence electrons. The molecule has 3 N–H and O–H groups in total. The first-order valence-corrected chi connectivity index (χ1v) is 10.1. The number of phenolic OH excluding ortho intramolecular Hbond substituents is 3. The van der Waals surface area contributed by atoms with Crippen molar-refractivity contribution in [1.82, 2.24) is 4.90 Å². The summed E-state index contributed by atoms with van der Waals surface area (Å²) in [5, 5.41) is 29.3. The highest BCUT2D eigenvalue weighted by Crippen LogP contribution is 2.41. The Kier molecular flexibility index (Phi) is 8.39. The number of hydrogen-bond acceptors (Lipinski definition) is 4. The molecule has 4 heteroatoms. The van der Waals surface area contributed by atoms with Crippen LogP contribution in [0.2, 0.25) is 0 Å². The lowest BCUT2D eigenvalue weighted by Crippen LogP contribution is -2.31. The van der Waals surface area contributed by atoms with Crippen molar-refractivity contribution >= 4 is 0 Å². The van der Waals surface area contributed by atoms with E-state index in [0.717, 1.165) is 30.6 Å². The molecule has 0 amide bonds. The van der Waals surface area contributed by atoms with Crippen molar-refractivity contribution in [1.29, 1.82) is 0 Å². The molecule has 0 fully saturated rings. The number of fused-ring (bicyclic) bond motifs is 1. The van der Waals surface area contributed by atoms with Crippen molar-refractivity contribution in [3.8, 4) is 17.2 Å². The summed E-state index contributed by atoms with van der Waals surface area (Å²) in [6.07, 6.45) is 14.2. The zero-order chi connectivity index (χ0) is 18.1. The molecule has 2 rings (SSSR count). The van der Waals surface area contributed by atoms with Crippen molar-refractivity contribution in [3.63, 3.8) is 0 Å². The zero-order valence-electron chi connectivity index (χ0n) is 15.8. The van der Waals surface area contributed by atoms with Crippen molar-refractivity contribution in [2.24, 2.45) is 0 Å². The Morgan fingerprint density at radius 3 is 2.08 bits per heavy atom. The maximum Gasteiger partial charge on any atom is 0.200 e. The quantitative estimate of drug-likeness (QED) is 0.385. The van der Waals surface area contributed by atoms with Gasteiger partial charge in [0, 0.05) is 18.7 Å². The lowest BCUT2D eigenvalue weighted by molar-refractivity contribution is 0.241. The van der Waals surface area contributed by atoms with E-state index < -0.39 is 0 Å². The largest absolute Gasteiger partial charge is 0.504 e. The molecule has 1 aliphatic rings. The van der Waals surface area contributed by atoms with Gasteiger partial charge in [0.2, 0.25) is 5.75 Å². The van der Waals surface area contributed by atoms with Crippen LogP contribution in [-0.2, 0) is 13.0 Å². The van der Waals surface area contributed by atoms with Gasteiger partial charge in [0.15, 0.2) is 11.5 Å². The monoisotopic (exact) mass is 349 g/mol. The lowest BCUT2D eigenvalue weighted by Gasteiger charge is -2.29. The summed E-state index contributed by atoms with van der Waals surface area (Å²) in [6.45, 7) is 4.91. The minimum absolute atomic E-state index is 0.150. The van der Waals surface area contributed by atoms with E-state index in [-0.39, 0.29) is 17.2 Å². The van der Waals surface area contributed by atoms with Crippen LogP contribution in [0.1, 0.15) is 82.3 Å². The molecule has 0 saturated heterocycles. The van der Waals surface area contributed by atoms with Crippen molar-refractivity contribution < 1.29 is 15.3 Å². The fraction of sp³-hybridized carbons (Fsp3) is 0.714. The highest BCUT2D eigenvalue weighted by atomic mass is 16.3. The van der Waals surface area contributed by atoms with Crippen molar-refractivity contribution in [2.75, 3.05) is 13.1 Å². The molecule has 0 atom stereocenters. The van der Waals surface area contributed by atoms with Crippen LogP contribution in [-0.4, -0.2) is 33.3 Å². The third-order valence-corrected chi connectivity index (χ3v) is 5.36. The number of hydrogen-bond donors (Lipinski definition) is 3. The van der Waals surface area contributed by atoms with Gasteiger partial charge in [0.25, 0.3) is 0 Å². The van der Waals surface area contributed by atoms with E-state index in [4.69, 9.17) is 0 Å². The Morgan fingerprint density at radius 2 is 1.44 bits per heavy atom. The SMILES string of the molecule is CCCCCCCCCCCCN1CCc2cc(O)c(O)c(O)c2C1. The van der Waals surface area contributed by atoms with Crippen LogP contribution in [0.3, 0.4) is 0 Å². The summed E-state index contributed by atoms with van der Waals surface area (Å²) in [4.78, 5) is 2.34. The zero-order valence-corrected chi connectivity index (χ0v) is 15.8. The molecule has 1 aromatic rings. The summed E-state index contributed by atoms with van der Waals surface area (Å²) in [6, 6.07) is 1.59. The van der Waals surface area contributed by atoms with E-state index in [1.165, 1.54) is 64.2 Å². The second-order valence-corrected chi connectivity index (χ2v) is 7.44. The molecule has 0 radical (unpaired) electrons. The number of unbranched alkanes of at least 4 members (excludes halogenated alkanes) is 9. The normalized spacial score (nSPS) is 14.6. The second-order valence-electron chi connectivity index (χ2n) is 7.44. The number of nitrogens with zero attached hydrogens (tertiary/aromatic N) is 1. The molecule has 25 heavy (non-hydrogen) atoms. The van der Waals surface area contributed by atoms with Gasteiger partial charge < -0.3 is 15.3 Å². The number of benzene rings is 1. The summed E-state index contributed by atoms with van der Waals surface area (Å²) in [5.74, 6) is -0.762. The van der Waals surface area contributed by atoms with Crippen LogP contribution >= 0.6 is 0 Å². The van der Waals surface area contributed by atoms with Gasteiger partial charge in [-0.2, -0.15) is 0 Å². The first-order valence-electron chi connectivity index (χ1n) is 10.1. The number of aromatic hydroxyl groups is 3. The molecule has 0 bridgehead atoms. The molecule has 4 nitrogen and oxygen atoms in total. The van der Waals surface area contributed by atoms with Crippen LogP contribution in [0.4, 0.5) is 0 Å². The molecule has 1 heterocycles. The van der Waals surface area contributed by atoms with Crippen LogP contribution in [0.15, 0.2) is 6.07 Å². The standard InChI is InChI=1S/C21H35NO3/c1-2-3-4-5-6-7-8-9-10-11-13-22-14-12-17-15-19(23)21(25)20(24)18(17)16-22/h15,23-25H,2-14,16H2,1H3. The van der Waals surface area contributed by atoms with Gasteiger partial charge in [-0.25, -0.2) is 0 Å². The van der Waals surface area contributed by atoms with Gasteiger partial charge in [-0.05, 0) is 31.0 Å². The van der Waals surface area contributed by atoms with Gasteiger partial charge in [0.1, 0.15) is 0 Å². The molecule has 1 aromatic carbocycles. The highest BCUT2D eigenvalue weighted by Gasteiger charge is 2.23. The fourth-order valence-corrected chi connectivity index (χ4v) is 3.73. The summed E-state index contributed by atoms with van der Waals surface area (Å²) in [5.41, 5.74) is 1.72. The predicted octanol–water partition coefficient (Wildman–Crippen LogP) is 5.08. The number of phenols is 3. The van der Waals surface area contributed by atoms with Crippen molar-refractivity contribution in [2.45, 2.75) is 84.1 Å². The molecule has 0 spiro atoms. The predicted molar refractivity (Wildman–Crippen MR) is 102 cm³/mol. The van der Waals surface area contributed by atoms with Crippen molar-refractivity contribution in [3.05, 3.63) is 17.2 Å². The molecule has 0 aliphatic carbocycles. The first kappa shape index (κ1) is 19.9. The number of rotatable bonds is 11. The maximum absolute atomic E-state index is 10.1. The Morgan fingerprint density at radius 1 is 0.840 bits per heavy atom. The Balaban J connectivity index is 1.60. The van der Waals surface area contributed by atoms with E-state index >= 15 is 0 Å². The molecule has 0 unspecified atom stereocenters. The lowest BCUT2D eigenvalue weighted by atomic mass is 9.97. The van der Waals surface area contributed by atoms with E-state index in [0.29, 0.717) is 6.54 Å². The maximum atomic E-state index is 10.1. The smallest absolute Gasteiger partial charge is 0.200 e. The van der Waals surface area contributed by atoms with Crippen LogP contribution < -0.4 is 0 Å². The van der Waals surface area contributed by atoms with Gasteiger partial charge in [-0.15, -0.1) is 0 Å². The van der Waals surface area contributed by atoms with Gasteiger partial charge in [-0.3, -0.25) is 4.90 Å². The minimum atomic E-state index is -0.389.